The third-order valence-corrected chi connectivity index (χ3v) is 7.90. The average molecular weight is 404 g/mol. The Balaban J connectivity index is 1.85. The predicted molar refractivity (Wildman–Crippen MR) is 130 cm³/mol. The molecule has 3 aromatic heterocycles. The smallest absolute Gasteiger partial charge is 0.224 e. The van der Waals surface area contributed by atoms with Crippen molar-refractivity contribution in [3.05, 3.63) is 71.4 Å². The maximum atomic E-state index is 2.59. The summed E-state index contributed by atoms with van der Waals surface area (Å²) in [5.74, 6) is 0.704. The molecule has 0 unspecified atom stereocenters. The van der Waals surface area contributed by atoms with E-state index in [1.54, 1.807) is 0 Å². The minimum Gasteiger partial charge on any atom is -0.307 e. The van der Waals surface area contributed by atoms with Gasteiger partial charge in [-0.15, -0.1) is 0 Å². The van der Waals surface area contributed by atoms with Gasteiger partial charge in [0.2, 0.25) is 5.52 Å². The zero-order chi connectivity index (χ0) is 20.9. The van der Waals surface area contributed by atoms with E-state index in [1.807, 2.05) is 0 Å². The predicted octanol–water partition coefficient (Wildman–Crippen LogP) is 7.09. The fourth-order valence-corrected chi connectivity index (χ4v) is 6.44. The number of pyridine rings is 2. The number of nitrogens with zero attached hydrogens (tertiary/aromatic N) is 2. The minimum atomic E-state index is 0.704. The number of rotatable bonds is 1. The fraction of sp³-hybridized carbons (Fsp3) is 0.276. The van der Waals surface area contributed by atoms with Crippen LogP contribution >= 0.6 is 0 Å². The Morgan fingerprint density at radius 2 is 1.65 bits per heavy atom. The summed E-state index contributed by atoms with van der Waals surface area (Å²) in [6.07, 6.45) is 7.64. The molecule has 1 saturated carbocycles. The summed E-state index contributed by atoms with van der Waals surface area (Å²) in [7, 11) is 2.20. The van der Waals surface area contributed by atoms with E-state index in [2.05, 4.69) is 84.6 Å². The molecule has 2 nitrogen and oxygen atoms in total. The standard InChI is InChI=1S/C29H27N2/c1-17-11-12-23-22-10-6-7-18(2)27(22)31-24-16-21(19-8-4-5-9-19)15-20-13-14-30(3)29(26(20)24)25(17)28(23)31/h6-7,10-16,19H,4-5,8-9H2,1-3H3/q+1. The van der Waals surface area contributed by atoms with Crippen LogP contribution in [-0.2, 0) is 7.05 Å². The Kier molecular flexibility index (Phi) is 3.38. The Morgan fingerprint density at radius 1 is 0.839 bits per heavy atom. The number of fused-ring (bicyclic) bond motifs is 5. The quantitative estimate of drug-likeness (QED) is 0.157. The van der Waals surface area contributed by atoms with Gasteiger partial charge >= 0.3 is 0 Å². The van der Waals surface area contributed by atoms with Gasteiger partial charge in [0.05, 0.1) is 27.3 Å². The lowest BCUT2D eigenvalue weighted by Gasteiger charge is -2.17. The van der Waals surface area contributed by atoms with Gasteiger partial charge in [-0.2, -0.15) is 0 Å². The third-order valence-electron chi connectivity index (χ3n) is 7.90. The zero-order valence-corrected chi connectivity index (χ0v) is 18.5. The van der Waals surface area contributed by atoms with Crippen LogP contribution in [0.5, 0.6) is 0 Å². The molecule has 0 radical (unpaired) electrons. The summed E-state index contributed by atoms with van der Waals surface area (Å²) in [5, 5.41) is 6.90. The molecule has 0 aliphatic heterocycles. The van der Waals surface area contributed by atoms with Crippen molar-refractivity contribution in [2.24, 2.45) is 7.05 Å². The van der Waals surface area contributed by atoms with E-state index in [4.69, 9.17) is 0 Å². The maximum Gasteiger partial charge on any atom is 0.224 e. The van der Waals surface area contributed by atoms with Gasteiger partial charge in [0.25, 0.3) is 0 Å². The first-order valence-corrected chi connectivity index (χ1v) is 11.6. The van der Waals surface area contributed by atoms with Crippen molar-refractivity contribution < 1.29 is 4.57 Å². The number of aromatic nitrogens is 2. The van der Waals surface area contributed by atoms with Gasteiger partial charge in [0.15, 0.2) is 6.20 Å². The molecule has 0 bridgehead atoms. The summed E-state index contributed by atoms with van der Waals surface area (Å²) in [4.78, 5) is 0. The highest BCUT2D eigenvalue weighted by molar-refractivity contribution is 6.26. The van der Waals surface area contributed by atoms with E-state index in [-0.39, 0.29) is 0 Å². The molecule has 7 rings (SSSR count). The topological polar surface area (TPSA) is 8.29 Å². The van der Waals surface area contributed by atoms with Gasteiger partial charge in [-0.05, 0) is 60.7 Å². The molecule has 0 spiro atoms. The van der Waals surface area contributed by atoms with E-state index in [0.29, 0.717) is 5.92 Å². The lowest BCUT2D eigenvalue weighted by Crippen LogP contribution is -2.29. The van der Waals surface area contributed by atoms with Crippen molar-refractivity contribution in [3.8, 4) is 0 Å². The van der Waals surface area contributed by atoms with Crippen LogP contribution < -0.4 is 4.57 Å². The Morgan fingerprint density at radius 3 is 2.48 bits per heavy atom. The van der Waals surface area contributed by atoms with Crippen LogP contribution in [-0.4, -0.2) is 4.40 Å². The normalized spacial score (nSPS) is 15.6. The Labute approximate surface area is 182 Å². The Bertz CT molecular complexity index is 1660. The second kappa shape index (κ2) is 5.97. The van der Waals surface area contributed by atoms with Crippen molar-refractivity contribution in [2.45, 2.75) is 45.4 Å². The molecule has 2 heteroatoms. The summed E-state index contributed by atoms with van der Waals surface area (Å²) < 4.78 is 4.92. The highest BCUT2D eigenvalue weighted by atomic mass is 15.0. The number of aryl methyl sites for hydroxylation is 3. The SMILES string of the molecule is Cc1ccc2c3cccc(C)c3n3c4cc(C5CCCC5)cc5cc[n+](C)c(c1c23)c54. The molecular weight excluding hydrogens is 376 g/mol. The van der Waals surface area contributed by atoms with Crippen molar-refractivity contribution in [1.29, 1.82) is 0 Å². The second-order valence-corrected chi connectivity index (χ2v) is 9.72. The largest absolute Gasteiger partial charge is 0.307 e. The number of benzene rings is 3. The molecule has 3 aromatic carbocycles. The molecule has 0 atom stereocenters. The van der Waals surface area contributed by atoms with E-state index < -0.39 is 0 Å². The van der Waals surface area contributed by atoms with Crippen molar-refractivity contribution in [3.63, 3.8) is 0 Å². The minimum absolute atomic E-state index is 0.704. The second-order valence-electron chi connectivity index (χ2n) is 9.72. The molecule has 1 aliphatic carbocycles. The molecular formula is C29H27N2+. The van der Waals surface area contributed by atoms with Gasteiger partial charge in [-0.3, -0.25) is 0 Å². The first-order chi connectivity index (χ1) is 15.1. The van der Waals surface area contributed by atoms with E-state index in [0.717, 1.165) is 0 Å². The van der Waals surface area contributed by atoms with Gasteiger partial charge in [0.1, 0.15) is 7.05 Å². The molecule has 1 aliphatic rings. The van der Waals surface area contributed by atoms with Crippen molar-refractivity contribution >= 4 is 49.0 Å². The molecule has 0 amide bonds. The van der Waals surface area contributed by atoms with Crippen LogP contribution in [0.3, 0.4) is 0 Å². The van der Waals surface area contributed by atoms with E-state index in [1.165, 1.54) is 91.4 Å². The molecule has 1 fully saturated rings. The molecule has 3 heterocycles. The highest BCUT2D eigenvalue weighted by Gasteiger charge is 2.26. The van der Waals surface area contributed by atoms with Crippen molar-refractivity contribution in [1.82, 2.24) is 4.40 Å². The van der Waals surface area contributed by atoms with E-state index >= 15 is 0 Å². The fourth-order valence-electron chi connectivity index (χ4n) is 6.44. The van der Waals surface area contributed by atoms with Crippen LogP contribution in [0.2, 0.25) is 0 Å². The van der Waals surface area contributed by atoms with Crippen LogP contribution in [0.15, 0.2) is 54.7 Å². The third kappa shape index (κ3) is 2.15. The maximum absolute atomic E-state index is 2.59. The number of hydrogen-bond donors (Lipinski definition) is 0. The summed E-state index contributed by atoms with van der Waals surface area (Å²) in [5.41, 5.74) is 9.71. The lowest BCUT2D eigenvalue weighted by molar-refractivity contribution is -0.643. The van der Waals surface area contributed by atoms with Gasteiger partial charge in [-0.25, -0.2) is 4.57 Å². The molecule has 0 N–H and O–H groups in total. The van der Waals surface area contributed by atoms with E-state index in [9.17, 15) is 0 Å². The molecule has 31 heavy (non-hydrogen) atoms. The number of para-hydroxylation sites is 1. The summed E-state index contributed by atoms with van der Waals surface area (Å²) in [6, 6.07) is 18.7. The number of hydrogen-bond acceptors (Lipinski definition) is 0. The monoisotopic (exact) mass is 403 g/mol. The summed E-state index contributed by atoms with van der Waals surface area (Å²) >= 11 is 0. The van der Waals surface area contributed by atoms with Crippen LogP contribution in [0.4, 0.5) is 0 Å². The molecule has 6 aromatic rings. The molecule has 152 valence electrons. The van der Waals surface area contributed by atoms with Gasteiger partial charge in [0, 0.05) is 16.8 Å². The zero-order valence-electron chi connectivity index (χ0n) is 18.5. The Hall–Kier alpha value is -3.13. The van der Waals surface area contributed by atoms with Crippen molar-refractivity contribution in [2.75, 3.05) is 0 Å². The van der Waals surface area contributed by atoms with Crippen LogP contribution in [0.25, 0.3) is 49.0 Å². The van der Waals surface area contributed by atoms with Crippen LogP contribution in [0, 0.1) is 13.8 Å². The van der Waals surface area contributed by atoms with Gasteiger partial charge < -0.3 is 4.40 Å². The first-order valence-electron chi connectivity index (χ1n) is 11.6. The first kappa shape index (κ1) is 17.5. The average Bonchev–Trinajstić information content (AvgIpc) is 3.42. The summed E-state index contributed by atoms with van der Waals surface area (Å²) in [6.45, 7) is 4.52. The lowest BCUT2D eigenvalue weighted by atomic mass is 9.92. The van der Waals surface area contributed by atoms with Gasteiger partial charge in [-0.1, -0.05) is 49.2 Å². The molecule has 0 saturated heterocycles. The highest BCUT2D eigenvalue weighted by Crippen LogP contribution is 2.43. The van der Waals surface area contributed by atoms with Crippen LogP contribution in [0.1, 0.15) is 48.3 Å².